The van der Waals surface area contributed by atoms with Crippen molar-refractivity contribution in [2.24, 2.45) is 0 Å². The minimum absolute atomic E-state index is 0.0115. The summed E-state index contributed by atoms with van der Waals surface area (Å²) < 4.78 is 55.6. The van der Waals surface area contributed by atoms with Crippen molar-refractivity contribution >= 4 is 17.5 Å². The van der Waals surface area contributed by atoms with Gasteiger partial charge in [0.15, 0.2) is 0 Å². The molecule has 4 aromatic carbocycles. The fourth-order valence-electron chi connectivity index (χ4n) is 5.78. The second-order valence-corrected chi connectivity index (χ2v) is 12.5. The minimum Gasteiger partial charge on any atom is -0.489 e. The van der Waals surface area contributed by atoms with Crippen LogP contribution in [0.15, 0.2) is 115 Å². The molecule has 0 N–H and O–H groups in total. The molecule has 8 rings (SSSR count). The molecule has 0 spiro atoms. The van der Waals surface area contributed by atoms with E-state index in [1.165, 1.54) is 4.90 Å². The number of carbonyl (C=O) groups is 1. The fraction of sp³-hybridized carbons (Fsp3) is 0.359. The lowest BCUT2D eigenvalue weighted by Crippen LogP contribution is -2.62. The highest BCUT2D eigenvalue weighted by Crippen LogP contribution is 2.49. The molecule has 4 heterocycles. The van der Waals surface area contributed by atoms with E-state index in [4.69, 9.17) is 42.6 Å². The second kappa shape index (κ2) is 14.5. The van der Waals surface area contributed by atoms with Crippen LogP contribution in [0.3, 0.4) is 0 Å². The first kappa shape index (κ1) is 32.9. The molecule has 4 atom stereocenters. The number of nitrogens with zero attached hydrogens (tertiary/aromatic N) is 1. The van der Waals surface area contributed by atoms with Gasteiger partial charge in [0.05, 0.1) is 57.6 Å². The van der Waals surface area contributed by atoms with E-state index in [-0.39, 0.29) is 44.2 Å². The van der Waals surface area contributed by atoms with Crippen LogP contribution >= 0.6 is 0 Å². The second-order valence-electron chi connectivity index (χ2n) is 12.5. The van der Waals surface area contributed by atoms with Crippen LogP contribution in [0.1, 0.15) is 11.1 Å². The van der Waals surface area contributed by atoms with E-state index >= 15 is 4.79 Å². The summed E-state index contributed by atoms with van der Waals surface area (Å²) in [7, 11) is 0. The highest BCUT2D eigenvalue weighted by atomic mass is 16.9. The molecule has 1 amide bonds. The van der Waals surface area contributed by atoms with Gasteiger partial charge in [-0.05, 0) is 24.3 Å². The number of hydrogen-bond donors (Lipinski definition) is 0. The summed E-state index contributed by atoms with van der Waals surface area (Å²) in [4.78, 5) is 16.8. The molecule has 4 saturated heterocycles. The number of ether oxygens (including phenoxy) is 9. The number of carbonyl (C=O) groups excluding carboxylic acids is 1. The molecule has 4 aliphatic heterocycles. The summed E-state index contributed by atoms with van der Waals surface area (Å²) in [5.41, 5.74) is 0.331. The van der Waals surface area contributed by atoms with Crippen molar-refractivity contribution in [3.8, 4) is 5.75 Å². The number of rotatable bonds is 18. The van der Waals surface area contributed by atoms with Gasteiger partial charge in [-0.15, -0.1) is 0 Å². The van der Waals surface area contributed by atoms with E-state index in [0.717, 1.165) is 0 Å². The molecule has 4 aromatic rings. The quantitative estimate of drug-likeness (QED) is 0.0973. The SMILES string of the molecule is O=C(OC(c1ccccc1)(c1ccccc1)C(OCC1CO1)(OCC1CO1)OCC1CO1)N(c1ccccc1)c1ccccc1OCC1CO1. The maximum atomic E-state index is 15.3. The third-order valence-electron chi connectivity index (χ3n) is 8.75. The molecule has 11 nitrogen and oxygen atoms in total. The van der Waals surface area contributed by atoms with Gasteiger partial charge in [-0.1, -0.05) is 91.0 Å². The van der Waals surface area contributed by atoms with E-state index in [1.807, 2.05) is 115 Å². The molecule has 4 unspecified atom stereocenters. The van der Waals surface area contributed by atoms with Crippen molar-refractivity contribution in [1.29, 1.82) is 0 Å². The third kappa shape index (κ3) is 7.40. The summed E-state index contributed by atoms with van der Waals surface area (Å²) in [6.45, 7) is 2.94. The highest BCUT2D eigenvalue weighted by Gasteiger charge is 2.63. The monoisotopic (exact) mass is 681 g/mol. The van der Waals surface area contributed by atoms with Gasteiger partial charge < -0.3 is 42.6 Å². The average Bonchev–Trinajstić information content (AvgIpc) is 3.97. The lowest BCUT2D eigenvalue weighted by Gasteiger charge is -2.48. The number of para-hydroxylation sites is 3. The Balaban J connectivity index is 1.29. The molecule has 0 aliphatic carbocycles. The Hall–Kier alpha value is -4.33. The zero-order valence-electron chi connectivity index (χ0n) is 27.5. The van der Waals surface area contributed by atoms with Crippen molar-refractivity contribution < 1.29 is 47.4 Å². The maximum absolute atomic E-state index is 15.3. The minimum atomic E-state index is -2.02. The van der Waals surface area contributed by atoms with Crippen LogP contribution < -0.4 is 9.64 Å². The molecule has 260 valence electrons. The van der Waals surface area contributed by atoms with E-state index in [1.54, 1.807) is 0 Å². The zero-order chi connectivity index (χ0) is 33.8. The van der Waals surface area contributed by atoms with E-state index < -0.39 is 17.7 Å². The van der Waals surface area contributed by atoms with E-state index in [2.05, 4.69) is 0 Å². The lowest BCUT2D eigenvalue weighted by atomic mass is 9.83. The Morgan fingerprint density at radius 1 is 0.580 bits per heavy atom. The molecule has 0 bridgehead atoms. The van der Waals surface area contributed by atoms with E-state index in [0.29, 0.717) is 61.3 Å². The van der Waals surface area contributed by atoms with Crippen LogP contribution in [-0.4, -0.2) is 89.3 Å². The highest BCUT2D eigenvalue weighted by molar-refractivity contribution is 5.98. The van der Waals surface area contributed by atoms with Gasteiger partial charge in [0.25, 0.3) is 0 Å². The number of epoxide rings is 4. The number of anilines is 2. The number of hydrogen-bond acceptors (Lipinski definition) is 10. The molecular formula is C39H39NO10. The van der Waals surface area contributed by atoms with Crippen LogP contribution in [0.25, 0.3) is 0 Å². The van der Waals surface area contributed by atoms with Crippen LogP contribution in [0.4, 0.5) is 16.2 Å². The predicted octanol–water partition coefficient (Wildman–Crippen LogP) is 5.58. The summed E-state index contributed by atoms with van der Waals surface area (Å²) in [6.07, 6.45) is -1.23. The Morgan fingerprint density at radius 2 is 1.00 bits per heavy atom. The van der Waals surface area contributed by atoms with Crippen molar-refractivity contribution in [1.82, 2.24) is 0 Å². The molecule has 0 saturated carbocycles. The Bertz CT molecular complexity index is 1630. The smallest absolute Gasteiger partial charge is 0.420 e. The fourth-order valence-corrected chi connectivity index (χ4v) is 5.78. The summed E-state index contributed by atoms with van der Waals surface area (Å²) >= 11 is 0. The van der Waals surface area contributed by atoms with E-state index in [9.17, 15) is 0 Å². The lowest BCUT2D eigenvalue weighted by molar-refractivity contribution is -0.437. The third-order valence-corrected chi connectivity index (χ3v) is 8.75. The van der Waals surface area contributed by atoms with Gasteiger partial charge in [0.2, 0.25) is 5.60 Å². The van der Waals surface area contributed by atoms with Gasteiger partial charge in [0, 0.05) is 11.1 Å². The Morgan fingerprint density at radius 3 is 1.48 bits per heavy atom. The average molecular weight is 682 g/mol. The molecule has 11 heteroatoms. The van der Waals surface area contributed by atoms with Gasteiger partial charge in [-0.3, -0.25) is 0 Å². The van der Waals surface area contributed by atoms with Gasteiger partial charge in [-0.2, -0.15) is 0 Å². The first-order valence-corrected chi connectivity index (χ1v) is 16.9. The van der Waals surface area contributed by atoms with Crippen molar-refractivity contribution in [2.45, 2.75) is 36.0 Å². The topological polar surface area (TPSA) is 117 Å². The molecule has 0 radical (unpaired) electrons. The number of benzene rings is 4. The molecular weight excluding hydrogens is 642 g/mol. The van der Waals surface area contributed by atoms with Gasteiger partial charge >= 0.3 is 12.1 Å². The molecule has 50 heavy (non-hydrogen) atoms. The summed E-state index contributed by atoms with van der Waals surface area (Å²) in [5, 5.41) is 0. The van der Waals surface area contributed by atoms with Crippen LogP contribution in [0.5, 0.6) is 5.75 Å². The first-order chi connectivity index (χ1) is 24.6. The molecule has 4 aliphatic rings. The van der Waals surface area contributed by atoms with Crippen molar-refractivity contribution in [3.63, 3.8) is 0 Å². The summed E-state index contributed by atoms with van der Waals surface area (Å²) in [6, 6.07) is 35.4. The van der Waals surface area contributed by atoms with Crippen LogP contribution in [0.2, 0.25) is 0 Å². The Labute approximate surface area is 290 Å². The summed E-state index contributed by atoms with van der Waals surface area (Å²) in [5.74, 6) is -1.52. The van der Waals surface area contributed by atoms with Crippen LogP contribution in [0, 0.1) is 0 Å². The largest absolute Gasteiger partial charge is 0.489 e. The molecule has 4 fully saturated rings. The predicted molar refractivity (Wildman–Crippen MR) is 180 cm³/mol. The number of amides is 1. The van der Waals surface area contributed by atoms with Gasteiger partial charge in [-0.25, -0.2) is 9.69 Å². The standard InChI is InChI=1S/C39H39NO10/c41-37(40(30-16-8-3-9-17-30)35-18-10-11-19-36(35)46-24-31-20-42-31)50-38(28-12-4-1-5-13-28,29-14-6-2-7-15-29)39(47-25-32-21-43-32,48-26-33-22-44-33)49-27-34-23-45-34/h1-19,31-34H,20-27H2. The maximum Gasteiger partial charge on any atom is 0.420 e. The first-order valence-electron chi connectivity index (χ1n) is 16.9. The molecule has 0 aromatic heterocycles. The van der Waals surface area contributed by atoms with Gasteiger partial charge in [0.1, 0.15) is 36.8 Å². The van der Waals surface area contributed by atoms with Crippen molar-refractivity contribution in [3.05, 3.63) is 126 Å². The van der Waals surface area contributed by atoms with Crippen LogP contribution in [-0.2, 0) is 43.5 Å². The normalized spacial score (nSPS) is 23.0. The Kier molecular flexibility index (Phi) is 9.52. The zero-order valence-corrected chi connectivity index (χ0v) is 27.5. The van der Waals surface area contributed by atoms with Crippen molar-refractivity contribution in [2.75, 3.05) is 57.8 Å².